The van der Waals surface area contributed by atoms with Gasteiger partial charge >= 0.3 is 0 Å². The minimum Gasteiger partial charge on any atom is -0.207 e. The molecule has 0 N–H and O–H groups in total. The first-order valence-electron chi connectivity index (χ1n) is 9.16. The summed E-state index contributed by atoms with van der Waals surface area (Å²) in [6, 6.07) is 13.8. The van der Waals surface area contributed by atoms with Crippen LogP contribution < -0.4 is 0 Å². The normalized spacial score (nSPS) is 20.5. The van der Waals surface area contributed by atoms with Crippen molar-refractivity contribution >= 4 is 10.8 Å². The van der Waals surface area contributed by atoms with E-state index in [1.807, 2.05) is 37.3 Å². The Bertz CT molecular complexity index is 953. The summed E-state index contributed by atoms with van der Waals surface area (Å²) in [5, 5.41) is 1.44. The molecule has 3 aromatic carbocycles. The summed E-state index contributed by atoms with van der Waals surface area (Å²) in [4.78, 5) is 0. The number of aryl methyl sites for hydroxylation is 1. The highest BCUT2D eigenvalue weighted by atomic mass is 19.2. The number of hydrogen-bond donors (Lipinski definition) is 0. The molecule has 134 valence electrons. The first kappa shape index (κ1) is 17.1. The molecule has 0 amide bonds. The Morgan fingerprint density at radius 1 is 0.654 bits per heavy atom. The van der Waals surface area contributed by atoms with Crippen molar-refractivity contribution in [3.8, 4) is 0 Å². The van der Waals surface area contributed by atoms with Gasteiger partial charge in [0.2, 0.25) is 0 Å². The van der Waals surface area contributed by atoms with Gasteiger partial charge in [-0.2, -0.15) is 0 Å². The zero-order valence-corrected chi connectivity index (χ0v) is 14.7. The van der Waals surface area contributed by atoms with E-state index in [1.165, 1.54) is 12.1 Å². The van der Waals surface area contributed by atoms with Crippen molar-refractivity contribution in [1.82, 2.24) is 0 Å². The number of halogens is 3. The molecule has 0 unspecified atom stereocenters. The van der Waals surface area contributed by atoms with E-state index in [2.05, 4.69) is 0 Å². The monoisotopic (exact) mass is 354 g/mol. The van der Waals surface area contributed by atoms with Gasteiger partial charge in [0.05, 0.1) is 0 Å². The highest BCUT2D eigenvalue weighted by molar-refractivity contribution is 5.83. The summed E-state index contributed by atoms with van der Waals surface area (Å²) >= 11 is 0. The molecule has 0 nitrogen and oxygen atoms in total. The number of hydrogen-bond acceptors (Lipinski definition) is 0. The van der Waals surface area contributed by atoms with E-state index in [0.29, 0.717) is 11.3 Å². The summed E-state index contributed by atoms with van der Waals surface area (Å²) in [5.41, 5.74) is 2.93. The molecule has 26 heavy (non-hydrogen) atoms. The topological polar surface area (TPSA) is 0 Å². The van der Waals surface area contributed by atoms with Crippen LogP contribution in [0.25, 0.3) is 10.8 Å². The fraction of sp³-hybridized carbons (Fsp3) is 0.304. The molecular formula is C23H21F3. The molecule has 0 atom stereocenters. The van der Waals surface area contributed by atoms with E-state index in [9.17, 15) is 13.2 Å². The van der Waals surface area contributed by atoms with Gasteiger partial charge in [-0.1, -0.05) is 30.3 Å². The van der Waals surface area contributed by atoms with Gasteiger partial charge < -0.3 is 0 Å². The zero-order chi connectivity index (χ0) is 18.3. The first-order chi connectivity index (χ1) is 12.5. The van der Waals surface area contributed by atoms with Crippen LogP contribution in [0.15, 0.2) is 48.5 Å². The molecule has 4 rings (SSSR count). The summed E-state index contributed by atoms with van der Waals surface area (Å²) in [6.07, 6.45) is 3.85. The van der Waals surface area contributed by atoms with Crippen LogP contribution in [-0.4, -0.2) is 0 Å². The molecule has 0 saturated heterocycles. The summed E-state index contributed by atoms with van der Waals surface area (Å²) in [7, 11) is 0. The molecule has 0 heterocycles. The van der Waals surface area contributed by atoms with Crippen LogP contribution in [-0.2, 0) is 0 Å². The molecule has 0 aliphatic heterocycles. The lowest BCUT2D eigenvalue weighted by atomic mass is 9.76. The van der Waals surface area contributed by atoms with Crippen LogP contribution in [0, 0.1) is 24.4 Å². The van der Waals surface area contributed by atoms with Gasteiger partial charge in [-0.3, -0.25) is 0 Å². The third kappa shape index (κ3) is 3.23. The summed E-state index contributed by atoms with van der Waals surface area (Å²) < 4.78 is 41.1. The largest absolute Gasteiger partial charge is 0.207 e. The van der Waals surface area contributed by atoms with Gasteiger partial charge in [-0.15, -0.1) is 0 Å². The average Bonchev–Trinajstić information content (AvgIpc) is 2.63. The Morgan fingerprint density at radius 2 is 1.31 bits per heavy atom. The molecule has 1 aliphatic rings. The van der Waals surface area contributed by atoms with E-state index in [1.54, 1.807) is 6.07 Å². The summed E-state index contributed by atoms with van der Waals surface area (Å²) in [6.45, 7) is 1.90. The van der Waals surface area contributed by atoms with Gasteiger partial charge in [0.1, 0.15) is 5.82 Å². The second-order valence-corrected chi connectivity index (χ2v) is 7.45. The molecule has 3 heteroatoms. The second-order valence-electron chi connectivity index (χ2n) is 7.45. The molecular weight excluding hydrogens is 333 g/mol. The quantitative estimate of drug-likeness (QED) is 0.464. The molecule has 1 saturated carbocycles. The fourth-order valence-electron chi connectivity index (χ4n) is 4.22. The van der Waals surface area contributed by atoms with Crippen LogP contribution in [0.4, 0.5) is 13.2 Å². The Labute approximate surface area is 151 Å². The van der Waals surface area contributed by atoms with Crippen molar-refractivity contribution in [3.63, 3.8) is 0 Å². The van der Waals surface area contributed by atoms with Crippen LogP contribution >= 0.6 is 0 Å². The highest BCUT2D eigenvalue weighted by Gasteiger charge is 2.25. The van der Waals surface area contributed by atoms with Crippen molar-refractivity contribution in [2.75, 3.05) is 0 Å². The summed E-state index contributed by atoms with van der Waals surface area (Å²) in [5.74, 6) is -1.08. The lowest BCUT2D eigenvalue weighted by Gasteiger charge is -2.29. The van der Waals surface area contributed by atoms with Crippen LogP contribution in [0.1, 0.15) is 54.2 Å². The van der Waals surface area contributed by atoms with Gasteiger partial charge in [-0.25, -0.2) is 13.2 Å². The SMILES string of the molecule is Cc1ccc(C2CCC(c3ccc4cc(F)c(F)cc4c3)CC2)c(F)c1. The molecule has 0 radical (unpaired) electrons. The number of fused-ring (bicyclic) bond motifs is 1. The minimum absolute atomic E-state index is 0.100. The zero-order valence-electron chi connectivity index (χ0n) is 14.7. The number of rotatable bonds is 2. The van der Waals surface area contributed by atoms with Crippen molar-refractivity contribution in [1.29, 1.82) is 0 Å². The molecule has 1 fully saturated rings. The average molecular weight is 354 g/mol. The molecule has 0 bridgehead atoms. The van der Waals surface area contributed by atoms with Crippen LogP contribution in [0.3, 0.4) is 0 Å². The first-order valence-corrected chi connectivity index (χ1v) is 9.16. The van der Waals surface area contributed by atoms with E-state index in [-0.39, 0.29) is 11.7 Å². The maximum Gasteiger partial charge on any atom is 0.159 e. The standard InChI is InChI=1S/C23H21F3/c1-14-2-9-20(21(24)10-14)16-5-3-15(4-6-16)17-7-8-18-12-22(25)23(26)13-19(18)11-17/h2,7-13,15-16H,3-6H2,1H3. The molecule has 0 aromatic heterocycles. The second kappa shape index (κ2) is 6.79. The van der Waals surface area contributed by atoms with E-state index >= 15 is 0 Å². The van der Waals surface area contributed by atoms with Crippen LogP contribution in [0.2, 0.25) is 0 Å². The highest BCUT2D eigenvalue weighted by Crippen LogP contribution is 2.41. The molecule has 0 spiro atoms. The number of benzene rings is 3. The van der Waals surface area contributed by atoms with Crippen molar-refractivity contribution in [2.24, 2.45) is 0 Å². The maximum atomic E-state index is 14.2. The fourth-order valence-corrected chi connectivity index (χ4v) is 4.22. The smallest absolute Gasteiger partial charge is 0.159 e. The lowest BCUT2D eigenvalue weighted by Crippen LogP contribution is -2.13. The van der Waals surface area contributed by atoms with Crippen LogP contribution in [0.5, 0.6) is 0 Å². The van der Waals surface area contributed by atoms with Crippen molar-refractivity contribution in [2.45, 2.75) is 44.4 Å². The predicted octanol–water partition coefficient (Wildman–Crippen LogP) is 7.01. The van der Waals surface area contributed by atoms with Crippen molar-refractivity contribution < 1.29 is 13.2 Å². The predicted molar refractivity (Wildman–Crippen MR) is 99.0 cm³/mol. The minimum atomic E-state index is -0.814. The Hall–Kier alpha value is -2.29. The molecule has 3 aromatic rings. The van der Waals surface area contributed by atoms with Gasteiger partial charge in [-0.05, 0) is 90.1 Å². The maximum absolute atomic E-state index is 14.2. The Balaban J connectivity index is 1.52. The van der Waals surface area contributed by atoms with E-state index < -0.39 is 11.6 Å². The third-order valence-electron chi connectivity index (χ3n) is 5.70. The van der Waals surface area contributed by atoms with Gasteiger partial charge in [0, 0.05) is 0 Å². The van der Waals surface area contributed by atoms with Gasteiger partial charge in [0.25, 0.3) is 0 Å². The Morgan fingerprint density at radius 3 is 2.00 bits per heavy atom. The van der Waals surface area contributed by atoms with E-state index in [4.69, 9.17) is 0 Å². The van der Waals surface area contributed by atoms with E-state index in [0.717, 1.165) is 47.8 Å². The lowest BCUT2D eigenvalue weighted by molar-refractivity contribution is 0.387. The third-order valence-corrected chi connectivity index (χ3v) is 5.70. The Kier molecular flexibility index (Phi) is 4.47. The van der Waals surface area contributed by atoms with Gasteiger partial charge in [0.15, 0.2) is 11.6 Å². The molecule has 1 aliphatic carbocycles. The van der Waals surface area contributed by atoms with Crippen molar-refractivity contribution in [3.05, 3.63) is 82.7 Å².